The van der Waals surface area contributed by atoms with Crippen LogP contribution in [0.25, 0.3) is 11.7 Å². The van der Waals surface area contributed by atoms with Crippen LogP contribution in [-0.2, 0) is 9.53 Å². The maximum atomic E-state index is 12.9. The van der Waals surface area contributed by atoms with Gasteiger partial charge in [-0.15, -0.1) is 0 Å². The summed E-state index contributed by atoms with van der Waals surface area (Å²) in [6.07, 6.45) is 4.94. The molecular formula is C18H18N4O3. The van der Waals surface area contributed by atoms with E-state index in [0.717, 1.165) is 25.9 Å². The van der Waals surface area contributed by atoms with Crippen molar-refractivity contribution in [1.82, 2.24) is 9.38 Å². The predicted molar refractivity (Wildman–Crippen MR) is 93.1 cm³/mol. The monoisotopic (exact) mass is 338 g/mol. The first-order valence-electron chi connectivity index (χ1n) is 8.21. The minimum absolute atomic E-state index is 0.159. The van der Waals surface area contributed by atoms with E-state index in [1.807, 2.05) is 17.0 Å². The molecule has 0 aromatic carbocycles. The molecule has 7 heteroatoms. The maximum absolute atomic E-state index is 12.9. The van der Waals surface area contributed by atoms with E-state index in [1.165, 1.54) is 10.5 Å². The van der Waals surface area contributed by atoms with Gasteiger partial charge >= 0.3 is 5.97 Å². The number of aromatic nitrogens is 2. The van der Waals surface area contributed by atoms with Gasteiger partial charge < -0.3 is 9.64 Å². The molecule has 0 atom stereocenters. The Morgan fingerprint density at radius 2 is 2.16 bits per heavy atom. The summed E-state index contributed by atoms with van der Waals surface area (Å²) in [7, 11) is 0. The van der Waals surface area contributed by atoms with Crippen molar-refractivity contribution in [3.63, 3.8) is 0 Å². The molecule has 0 N–H and O–H groups in total. The lowest BCUT2D eigenvalue weighted by Gasteiger charge is -2.19. The Morgan fingerprint density at radius 3 is 2.84 bits per heavy atom. The summed E-state index contributed by atoms with van der Waals surface area (Å²) in [6.45, 7) is 3.40. The van der Waals surface area contributed by atoms with E-state index >= 15 is 0 Å². The summed E-state index contributed by atoms with van der Waals surface area (Å²) in [6, 6.07) is 7.12. The molecule has 0 amide bonds. The SMILES string of the molecule is CCOC(=O)/C(C#N)=C/c1c(N2CCCC2)nc2ccccn2c1=O. The number of pyridine rings is 1. The zero-order chi connectivity index (χ0) is 17.8. The minimum Gasteiger partial charge on any atom is -0.462 e. The maximum Gasteiger partial charge on any atom is 0.348 e. The van der Waals surface area contributed by atoms with Crippen molar-refractivity contribution in [3.8, 4) is 6.07 Å². The van der Waals surface area contributed by atoms with Gasteiger partial charge in [0.1, 0.15) is 23.1 Å². The molecule has 7 nitrogen and oxygen atoms in total. The molecule has 0 unspecified atom stereocenters. The fraction of sp³-hybridized carbons (Fsp3) is 0.333. The van der Waals surface area contributed by atoms with E-state index in [-0.39, 0.29) is 23.3 Å². The lowest BCUT2D eigenvalue weighted by atomic mass is 10.1. The van der Waals surface area contributed by atoms with E-state index in [0.29, 0.717) is 11.5 Å². The van der Waals surface area contributed by atoms with Crippen LogP contribution in [0.3, 0.4) is 0 Å². The Morgan fingerprint density at radius 1 is 1.40 bits per heavy atom. The molecule has 1 aliphatic rings. The number of hydrogen-bond acceptors (Lipinski definition) is 6. The zero-order valence-electron chi connectivity index (χ0n) is 13.9. The van der Waals surface area contributed by atoms with Crippen molar-refractivity contribution in [1.29, 1.82) is 5.26 Å². The third kappa shape index (κ3) is 3.24. The number of nitriles is 1. The van der Waals surface area contributed by atoms with E-state index in [4.69, 9.17) is 4.74 Å². The minimum atomic E-state index is -0.741. The number of anilines is 1. The molecule has 3 heterocycles. The second kappa shape index (κ2) is 7.18. The Kier molecular flexibility index (Phi) is 4.80. The summed E-state index contributed by atoms with van der Waals surface area (Å²) in [5, 5.41) is 9.28. The van der Waals surface area contributed by atoms with Gasteiger partial charge in [-0.3, -0.25) is 9.20 Å². The molecule has 1 fully saturated rings. The van der Waals surface area contributed by atoms with Gasteiger partial charge in [-0.25, -0.2) is 9.78 Å². The first kappa shape index (κ1) is 16.7. The first-order valence-corrected chi connectivity index (χ1v) is 8.21. The lowest BCUT2D eigenvalue weighted by Crippen LogP contribution is -2.27. The number of esters is 1. The molecule has 0 radical (unpaired) electrons. The van der Waals surface area contributed by atoms with Crippen LogP contribution >= 0.6 is 0 Å². The zero-order valence-corrected chi connectivity index (χ0v) is 13.9. The highest BCUT2D eigenvalue weighted by Crippen LogP contribution is 2.23. The van der Waals surface area contributed by atoms with Crippen LogP contribution in [0.5, 0.6) is 0 Å². The van der Waals surface area contributed by atoms with Crippen LogP contribution in [0.15, 0.2) is 34.8 Å². The molecule has 1 aliphatic heterocycles. The molecule has 25 heavy (non-hydrogen) atoms. The number of nitrogens with zero attached hydrogens (tertiary/aromatic N) is 4. The van der Waals surface area contributed by atoms with Crippen molar-refractivity contribution >= 4 is 23.5 Å². The molecular weight excluding hydrogens is 320 g/mol. The highest BCUT2D eigenvalue weighted by atomic mass is 16.5. The Bertz CT molecular complexity index is 933. The third-order valence-electron chi connectivity index (χ3n) is 4.06. The van der Waals surface area contributed by atoms with Gasteiger partial charge in [-0.2, -0.15) is 5.26 Å². The van der Waals surface area contributed by atoms with Crippen LogP contribution in [0.1, 0.15) is 25.3 Å². The summed E-state index contributed by atoms with van der Waals surface area (Å²) < 4.78 is 6.30. The number of carbonyl (C=O) groups is 1. The normalized spacial score (nSPS) is 14.6. The van der Waals surface area contributed by atoms with Crippen LogP contribution in [0, 0.1) is 11.3 Å². The molecule has 128 valence electrons. The standard InChI is InChI=1S/C18H18N4O3/c1-2-25-18(24)13(12-19)11-14-16(21-8-5-6-9-21)20-15-7-3-4-10-22(15)17(14)23/h3-4,7,10-11H,2,5-6,8-9H2,1H3/b13-11+. The molecule has 0 bridgehead atoms. The Labute approximate surface area is 144 Å². The van der Waals surface area contributed by atoms with Gasteiger partial charge in [0.05, 0.1) is 12.2 Å². The van der Waals surface area contributed by atoms with E-state index in [9.17, 15) is 14.9 Å². The highest BCUT2D eigenvalue weighted by molar-refractivity contribution is 5.98. The fourth-order valence-electron chi connectivity index (χ4n) is 2.88. The van der Waals surface area contributed by atoms with Crippen molar-refractivity contribution in [2.24, 2.45) is 0 Å². The van der Waals surface area contributed by atoms with Gasteiger partial charge in [0, 0.05) is 19.3 Å². The molecule has 3 rings (SSSR count). The number of rotatable bonds is 4. The van der Waals surface area contributed by atoms with Gasteiger partial charge in [0.25, 0.3) is 5.56 Å². The Balaban J connectivity index is 2.22. The molecule has 2 aromatic heterocycles. The molecule has 2 aromatic rings. The largest absolute Gasteiger partial charge is 0.462 e. The van der Waals surface area contributed by atoms with Crippen molar-refractivity contribution in [3.05, 3.63) is 45.9 Å². The molecule has 0 saturated carbocycles. The van der Waals surface area contributed by atoms with Gasteiger partial charge in [-0.05, 0) is 38.0 Å². The smallest absolute Gasteiger partial charge is 0.348 e. The summed E-state index contributed by atoms with van der Waals surface area (Å²) in [5.41, 5.74) is 0.234. The summed E-state index contributed by atoms with van der Waals surface area (Å²) in [4.78, 5) is 31.5. The fourth-order valence-corrected chi connectivity index (χ4v) is 2.88. The molecule has 0 aliphatic carbocycles. The molecule has 1 saturated heterocycles. The van der Waals surface area contributed by atoms with E-state index in [1.54, 1.807) is 25.3 Å². The van der Waals surface area contributed by atoms with Gasteiger partial charge in [0.15, 0.2) is 0 Å². The number of carbonyl (C=O) groups excluding carboxylic acids is 1. The summed E-state index contributed by atoms with van der Waals surface area (Å²) in [5.74, 6) is -0.235. The van der Waals surface area contributed by atoms with Gasteiger partial charge in [-0.1, -0.05) is 6.07 Å². The number of ether oxygens (including phenoxy) is 1. The quantitative estimate of drug-likeness (QED) is 0.480. The number of fused-ring (bicyclic) bond motifs is 1. The highest BCUT2D eigenvalue weighted by Gasteiger charge is 2.22. The average molecular weight is 338 g/mol. The second-order valence-corrected chi connectivity index (χ2v) is 5.67. The number of hydrogen-bond donors (Lipinski definition) is 0. The second-order valence-electron chi connectivity index (χ2n) is 5.67. The molecule has 0 spiro atoms. The first-order chi connectivity index (χ1) is 12.2. The van der Waals surface area contributed by atoms with Crippen LogP contribution < -0.4 is 10.5 Å². The third-order valence-corrected chi connectivity index (χ3v) is 4.06. The Hall–Kier alpha value is -3.14. The van der Waals surface area contributed by atoms with Crippen molar-refractivity contribution < 1.29 is 9.53 Å². The topological polar surface area (TPSA) is 87.7 Å². The van der Waals surface area contributed by atoms with Crippen molar-refractivity contribution in [2.45, 2.75) is 19.8 Å². The average Bonchev–Trinajstić information content (AvgIpc) is 3.15. The van der Waals surface area contributed by atoms with E-state index < -0.39 is 5.97 Å². The predicted octanol–water partition coefficient (Wildman–Crippen LogP) is 1.76. The lowest BCUT2D eigenvalue weighted by molar-refractivity contribution is -0.137. The van der Waals surface area contributed by atoms with Crippen LogP contribution in [-0.4, -0.2) is 35.1 Å². The van der Waals surface area contributed by atoms with Crippen LogP contribution in [0.2, 0.25) is 0 Å². The van der Waals surface area contributed by atoms with Gasteiger partial charge in [0.2, 0.25) is 0 Å². The van der Waals surface area contributed by atoms with Crippen molar-refractivity contribution in [2.75, 3.05) is 24.6 Å². The summed E-state index contributed by atoms with van der Waals surface area (Å²) >= 11 is 0. The van der Waals surface area contributed by atoms with Crippen LogP contribution in [0.4, 0.5) is 5.82 Å². The van der Waals surface area contributed by atoms with E-state index in [2.05, 4.69) is 4.98 Å².